The second-order valence-corrected chi connectivity index (χ2v) is 5.11. The number of rotatable bonds is 2. The Balaban J connectivity index is 2.30. The third-order valence-corrected chi connectivity index (χ3v) is 3.61. The molecular formula is C14H11BrClNO. The van der Waals surface area contributed by atoms with Gasteiger partial charge in [0.25, 0.3) is 0 Å². The van der Waals surface area contributed by atoms with E-state index in [2.05, 4.69) is 20.9 Å². The van der Waals surface area contributed by atoms with E-state index < -0.39 is 0 Å². The van der Waals surface area contributed by atoms with E-state index in [0.29, 0.717) is 9.50 Å². The fourth-order valence-corrected chi connectivity index (χ4v) is 2.05. The van der Waals surface area contributed by atoms with Crippen LogP contribution in [0.1, 0.15) is 11.1 Å². The van der Waals surface area contributed by atoms with E-state index in [0.717, 1.165) is 16.8 Å². The van der Waals surface area contributed by atoms with Crippen LogP contribution in [0.2, 0.25) is 5.02 Å². The number of benzene rings is 2. The molecule has 0 bridgehead atoms. The molecule has 2 rings (SSSR count). The fraction of sp³-hybridized carbons (Fsp3) is 0.0714. The Morgan fingerprint density at radius 3 is 2.78 bits per heavy atom. The molecule has 0 amide bonds. The Morgan fingerprint density at radius 2 is 2.06 bits per heavy atom. The van der Waals surface area contributed by atoms with E-state index in [4.69, 9.17) is 11.6 Å². The van der Waals surface area contributed by atoms with Gasteiger partial charge in [-0.15, -0.1) is 0 Å². The summed E-state index contributed by atoms with van der Waals surface area (Å²) in [6, 6.07) is 10.8. The summed E-state index contributed by atoms with van der Waals surface area (Å²) in [5.41, 5.74) is 2.69. The van der Waals surface area contributed by atoms with Gasteiger partial charge in [0.05, 0.1) is 10.2 Å². The average Bonchev–Trinajstić information content (AvgIpc) is 2.35. The van der Waals surface area contributed by atoms with Gasteiger partial charge in [-0.3, -0.25) is 4.99 Å². The highest BCUT2D eigenvalue weighted by Gasteiger charge is 2.00. The minimum Gasteiger partial charge on any atom is -0.507 e. The normalized spacial score (nSPS) is 11.1. The van der Waals surface area contributed by atoms with Crippen LogP contribution in [0, 0.1) is 6.92 Å². The molecule has 4 heteroatoms. The Kier molecular flexibility index (Phi) is 4.04. The maximum Gasteiger partial charge on any atom is 0.129 e. The molecule has 92 valence electrons. The molecule has 0 radical (unpaired) electrons. The van der Waals surface area contributed by atoms with Gasteiger partial charge in [-0.1, -0.05) is 17.7 Å². The van der Waals surface area contributed by atoms with Gasteiger partial charge in [0.15, 0.2) is 0 Å². The molecule has 0 spiro atoms. The molecule has 0 heterocycles. The topological polar surface area (TPSA) is 32.6 Å². The van der Waals surface area contributed by atoms with Crippen molar-refractivity contribution in [1.82, 2.24) is 0 Å². The number of phenolic OH excluding ortho intramolecular Hbond substituents is 1. The molecule has 0 aromatic heterocycles. The third kappa shape index (κ3) is 2.92. The van der Waals surface area contributed by atoms with Crippen LogP contribution in [0.3, 0.4) is 0 Å². The average molecular weight is 325 g/mol. The summed E-state index contributed by atoms with van der Waals surface area (Å²) in [5.74, 6) is 0.214. The summed E-state index contributed by atoms with van der Waals surface area (Å²) >= 11 is 9.29. The standard InChI is InChI=1S/C14H11BrClNO/c1-9-12(16)3-2-4-13(9)17-8-10-5-6-14(18)11(15)7-10/h2-8,18H,1H3. The van der Waals surface area contributed by atoms with Crippen molar-refractivity contribution in [3.63, 3.8) is 0 Å². The van der Waals surface area contributed by atoms with Gasteiger partial charge in [-0.2, -0.15) is 0 Å². The van der Waals surface area contributed by atoms with Gasteiger partial charge in [0.1, 0.15) is 5.75 Å². The van der Waals surface area contributed by atoms with E-state index in [1.165, 1.54) is 0 Å². The molecule has 2 nitrogen and oxygen atoms in total. The van der Waals surface area contributed by atoms with Crippen LogP contribution in [0.15, 0.2) is 45.9 Å². The van der Waals surface area contributed by atoms with Crippen LogP contribution in [-0.2, 0) is 0 Å². The van der Waals surface area contributed by atoms with Crippen LogP contribution in [0.4, 0.5) is 5.69 Å². The lowest BCUT2D eigenvalue weighted by molar-refractivity contribution is 0.472. The van der Waals surface area contributed by atoms with E-state index in [-0.39, 0.29) is 5.75 Å². The Bertz CT molecular complexity index is 611. The van der Waals surface area contributed by atoms with Crippen LogP contribution in [0.25, 0.3) is 0 Å². The number of hydrogen-bond acceptors (Lipinski definition) is 2. The lowest BCUT2D eigenvalue weighted by atomic mass is 10.2. The second-order valence-electron chi connectivity index (χ2n) is 3.85. The summed E-state index contributed by atoms with van der Waals surface area (Å²) in [6.07, 6.45) is 1.74. The molecule has 0 saturated heterocycles. The zero-order valence-electron chi connectivity index (χ0n) is 9.69. The number of phenols is 1. The van der Waals surface area contributed by atoms with Gasteiger partial charge in [-0.25, -0.2) is 0 Å². The highest BCUT2D eigenvalue weighted by atomic mass is 79.9. The minimum absolute atomic E-state index is 0.214. The number of nitrogens with zero attached hydrogens (tertiary/aromatic N) is 1. The molecule has 0 aliphatic rings. The smallest absolute Gasteiger partial charge is 0.129 e. The zero-order chi connectivity index (χ0) is 13.1. The largest absolute Gasteiger partial charge is 0.507 e. The van der Waals surface area contributed by atoms with Crippen LogP contribution >= 0.6 is 27.5 Å². The maximum atomic E-state index is 9.40. The lowest BCUT2D eigenvalue weighted by Crippen LogP contribution is -1.82. The lowest BCUT2D eigenvalue weighted by Gasteiger charge is -2.02. The third-order valence-electron chi connectivity index (χ3n) is 2.56. The molecule has 1 N–H and O–H groups in total. The van der Waals surface area contributed by atoms with E-state index >= 15 is 0 Å². The van der Waals surface area contributed by atoms with E-state index in [9.17, 15) is 5.11 Å². The predicted molar refractivity (Wildman–Crippen MR) is 79.2 cm³/mol. The molecule has 2 aromatic carbocycles. The predicted octanol–water partition coefficient (Wildman–Crippen LogP) is 4.87. The van der Waals surface area contributed by atoms with Crippen LogP contribution < -0.4 is 0 Å². The van der Waals surface area contributed by atoms with Crippen molar-refractivity contribution in [2.24, 2.45) is 4.99 Å². The van der Waals surface area contributed by atoms with Gasteiger partial charge in [-0.05, 0) is 64.3 Å². The molecule has 0 aliphatic carbocycles. The van der Waals surface area contributed by atoms with Crippen molar-refractivity contribution >= 4 is 39.4 Å². The van der Waals surface area contributed by atoms with Crippen molar-refractivity contribution in [3.8, 4) is 5.75 Å². The highest BCUT2D eigenvalue weighted by Crippen LogP contribution is 2.26. The summed E-state index contributed by atoms with van der Waals surface area (Å²) in [6.45, 7) is 1.93. The molecule has 0 atom stereocenters. The second kappa shape index (κ2) is 5.55. The highest BCUT2D eigenvalue weighted by molar-refractivity contribution is 9.10. The Morgan fingerprint density at radius 1 is 1.28 bits per heavy atom. The summed E-state index contributed by atoms with van der Waals surface area (Å²) in [4.78, 5) is 4.40. The number of aromatic hydroxyl groups is 1. The first-order valence-corrected chi connectivity index (χ1v) is 6.53. The number of aliphatic imine (C=N–C) groups is 1. The van der Waals surface area contributed by atoms with E-state index in [1.54, 1.807) is 24.4 Å². The zero-order valence-corrected chi connectivity index (χ0v) is 12.0. The Labute approximate surface area is 119 Å². The number of hydrogen-bond donors (Lipinski definition) is 1. The number of halogens is 2. The SMILES string of the molecule is Cc1c(Cl)cccc1N=Cc1ccc(O)c(Br)c1. The maximum absolute atomic E-state index is 9.40. The van der Waals surface area contributed by atoms with Crippen molar-refractivity contribution in [2.75, 3.05) is 0 Å². The molecule has 2 aromatic rings. The first-order chi connectivity index (χ1) is 8.58. The molecule has 0 aliphatic heterocycles. The van der Waals surface area contributed by atoms with Gasteiger partial charge >= 0.3 is 0 Å². The molecule has 0 fully saturated rings. The first-order valence-electron chi connectivity index (χ1n) is 5.35. The minimum atomic E-state index is 0.214. The Hall–Kier alpha value is -1.32. The first kappa shape index (κ1) is 13.1. The summed E-state index contributed by atoms with van der Waals surface area (Å²) in [5, 5.41) is 10.1. The van der Waals surface area contributed by atoms with Gasteiger partial charge < -0.3 is 5.11 Å². The van der Waals surface area contributed by atoms with Crippen molar-refractivity contribution in [2.45, 2.75) is 6.92 Å². The van der Waals surface area contributed by atoms with Crippen molar-refractivity contribution < 1.29 is 5.11 Å². The summed E-state index contributed by atoms with van der Waals surface area (Å²) in [7, 11) is 0. The molecule has 0 saturated carbocycles. The summed E-state index contributed by atoms with van der Waals surface area (Å²) < 4.78 is 0.647. The van der Waals surface area contributed by atoms with Crippen molar-refractivity contribution in [1.29, 1.82) is 0 Å². The van der Waals surface area contributed by atoms with Crippen LogP contribution in [-0.4, -0.2) is 11.3 Å². The molecule has 18 heavy (non-hydrogen) atoms. The quantitative estimate of drug-likeness (QED) is 0.786. The van der Waals surface area contributed by atoms with E-state index in [1.807, 2.05) is 25.1 Å². The molecular weight excluding hydrogens is 314 g/mol. The monoisotopic (exact) mass is 323 g/mol. The fourth-order valence-electron chi connectivity index (χ4n) is 1.48. The molecule has 0 unspecified atom stereocenters. The van der Waals surface area contributed by atoms with Gasteiger partial charge in [0.2, 0.25) is 0 Å². The van der Waals surface area contributed by atoms with Crippen LogP contribution in [0.5, 0.6) is 5.75 Å². The van der Waals surface area contributed by atoms with Crippen molar-refractivity contribution in [3.05, 3.63) is 57.0 Å². The van der Waals surface area contributed by atoms with Gasteiger partial charge in [0, 0.05) is 11.2 Å².